The van der Waals surface area contributed by atoms with E-state index in [9.17, 15) is 20.1 Å². The van der Waals surface area contributed by atoms with Crippen molar-refractivity contribution >= 4 is 5.78 Å². The fourth-order valence-electron chi connectivity index (χ4n) is 4.27. The Bertz CT molecular complexity index is 1090. The summed E-state index contributed by atoms with van der Waals surface area (Å²) in [5, 5.41) is 30.8. The highest BCUT2D eigenvalue weighted by Gasteiger charge is 2.35. The monoisotopic (exact) mass is 452 g/mol. The molecule has 33 heavy (non-hydrogen) atoms. The molecule has 176 valence electrons. The van der Waals surface area contributed by atoms with Crippen molar-refractivity contribution in [2.75, 3.05) is 7.11 Å². The van der Waals surface area contributed by atoms with Gasteiger partial charge in [-0.05, 0) is 58.1 Å². The van der Waals surface area contributed by atoms with Crippen LogP contribution in [-0.2, 0) is 6.42 Å². The van der Waals surface area contributed by atoms with E-state index < -0.39 is 6.10 Å². The Morgan fingerprint density at radius 2 is 1.94 bits per heavy atom. The zero-order chi connectivity index (χ0) is 24.3. The molecular weight excluding hydrogens is 420 g/mol. The number of hydrogen-bond donors (Lipinski definition) is 3. The number of ketones is 1. The number of allylic oxidation sites excluding steroid dienone is 3. The molecule has 1 aliphatic heterocycles. The molecule has 0 bridgehead atoms. The van der Waals surface area contributed by atoms with Gasteiger partial charge in [0.25, 0.3) is 0 Å². The first kappa shape index (κ1) is 24.2. The molecule has 3 rings (SSSR count). The number of Topliss-reactive ketones (excluding diaryl/α,β-unsaturated/α-hetero) is 1. The molecule has 0 amide bonds. The molecule has 0 aliphatic carbocycles. The van der Waals surface area contributed by atoms with Crippen molar-refractivity contribution in [1.82, 2.24) is 0 Å². The minimum absolute atomic E-state index is 0.00112. The van der Waals surface area contributed by atoms with Gasteiger partial charge in [0.1, 0.15) is 40.4 Å². The Morgan fingerprint density at radius 1 is 1.21 bits per heavy atom. The van der Waals surface area contributed by atoms with Crippen LogP contribution < -0.4 is 9.47 Å². The van der Waals surface area contributed by atoms with Gasteiger partial charge in [-0.25, -0.2) is 0 Å². The summed E-state index contributed by atoms with van der Waals surface area (Å²) in [4.78, 5) is 13.2. The van der Waals surface area contributed by atoms with E-state index in [1.807, 2.05) is 20.8 Å². The van der Waals surface area contributed by atoms with Crippen LogP contribution in [0.15, 0.2) is 48.1 Å². The summed E-state index contributed by atoms with van der Waals surface area (Å²) >= 11 is 0. The molecule has 2 aromatic rings. The number of rotatable bonds is 8. The minimum Gasteiger partial charge on any atom is -0.508 e. The molecule has 0 radical (unpaired) electrons. The third-order valence-electron chi connectivity index (χ3n) is 5.80. The summed E-state index contributed by atoms with van der Waals surface area (Å²) < 4.78 is 11.6. The lowest BCUT2D eigenvalue weighted by Gasteiger charge is -2.30. The molecule has 3 N–H and O–H groups in total. The van der Waals surface area contributed by atoms with E-state index in [1.165, 1.54) is 36.9 Å². The summed E-state index contributed by atoms with van der Waals surface area (Å²) in [7, 11) is 1.44. The maximum Gasteiger partial charge on any atom is 0.174 e. The third-order valence-corrected chi connectivity index (χ3v) is 5.80. The fourth-order valence-corrected chi connectivity index (χ4v) is 4.27. The SMILES string of the molecule is C=C(C)CC(CC=C(C)C)Cc1c(O)cc(OC)c2c1OC(c1ccc(O)cc1O)CC2=O. The number of phenolic OH excluding ortho intramolecular Hbond substituents is 3. The number of benzene rings is 2. The number of methoxy groups -OCH3 is 1. The number of fused-ring (bicyclic) bond motifs is 1. The van der Waals surface area contributed by atoms with Crippen LogP contribution in [0, 0.1) is 5.92 Å². The molecule has 0 fully saturated rings. The van der Waals surface area contributed by atoms with Gasteiger partial charge in [0.05, 0.1) is 13.5 Å². The van der Waals surface area contributed by atoms with E-state index in [4.69, 9.17) is 9.47 Å². The van der Waals surface area contributed by atoms with Gasteiger partial charge in [-0.3, -0.25) is 4.79 Å². The zero-order valence-corrected chi connectivity index (χ0v) is 19.6. The zero-order valence-electron chi connectivity index (χ0n) is 19.6. The van der Waals surface area contributed by atoms with Gasteiger partial charge in [0.15, 0.2) is 5.78 Å². The average Bonchev–Trinajstić information content (AvgIpc) is 2.72. The van der Waals surface area contributed by atoms with Crippen molar-refractivity contribution in [3.05, 3.63) is 64.8 Å². The number of phenols is 3. The van der Waals surface area contributed by atoms with Crippen LogP contribution in [0.1, 0.15) is 67.6 Å². The Balaban J connectivity index is 2.07. The Kier molecular flexibility index (Phi) is 7.36. The molecule has 0 spiro atoms. The normalized spacial score (nSPS) is 15.9. The number of carbonyl (C=O) groups is 1. The summed E-state index contributed by atoms with van der Waals surface area (Å²) in [6, 6.07) is 5.65. The van der Waals surface area contributed by atoms with Crippen LogP contribution in [0.3, 0.4) is 0 Å². The standard InChI is InChI=1S/C27H32O6/c1-15(2)6-7-17(10-16(3)4)11-20-22(30)13-25(32-5)26-23(31)14-24(33-27(20)26)19-9-8-18(28)12-21(19)29/h6,8-9,12-13,17,24,28-30H,3,7,10-11,14H2,1-2,4-5H3. The molecule has 6 nitrogen and oxygen atoms in total. The highest BCUT2D eigenvalue weighted by molar-refractivity contribution is 6.03. The van der Waals surface area contributed by atoms with E-state index in [0.717, 1.165) is 18.4 Å². The minimum atomic E-state index is -0.756. The quantitative estimate of drug-likeness (QED) is 0.425. The molecule has 6 heteroatoms. The van der Waals surface area contributed by atoms with E-state index in [1.54, 1.807) is 0 Å². The van der Waals surface area contributed by atoms with Crippen LogP contribution >= 0.6 is 0 Å². The van der Waals surface area contributed by atoms with E-state index in [2.05, 4.69) is 12.7 Å². The molecule has 2 aromatic carbocycles. The van der Waals surface area contributed by atoms with Crippen LogP contribution in [0.2, 0.25) is 0 Å². The predicted octanol–water partition coefficient (Wildman–Crippen LogP) is 6.00. The fraction of sp³-hybridized carbons (Fsp3) is 0.370. The van der Waals surface area contributed by atoms with Crippen LogP contribution in [0.5, 0.6) is 28.7 Å². The van der Waals surface area contributed by atoms with E-state index in [-0.39, 0.29) is 46.9 Å². The maximum atomic E-state index is 13.2. The number of carbonyl (C=O) groups excluding carboxylic acids is 1. The summed E-state index contributed by atoms with van der Waals surface area (Å²) in [6.45, 7) is 10.1. The third kappa shape index (κ3) is 5.51. The van der Waals surface area contributed by atoms with Gasteiger partial charge in [0, 0.05) is 23.3 Å². The van der Waals surface area contributed by atoms with Gasteiger partial charge in [-0.1, -0.05) is 17.2 Å². The van der Waals surface area contributed by atoms with Gasteiger partial charge >= 0.3 is 0 Å². The molecule has 0 aromatic heterocycles. The molecule has 0 saturated heterocycles. The van der Waals surface area contributed by atoms with E-state index in [0.29, 0.717) is 23.1 Å². The van der Waals surface area contributed by atoms with Crippen molar-refractivity contribution in [3.63, 3.8) is 0 Å². The largest absolute Gasteiger partial charge is 0.508 e. The second kappa shape index (κ2) is 10.0. The number of hydrogen-bond acceptors (Lipinski definition) is 6. The van der Waals surface area contributed by atoms with Gasteiger partial charge < -0.3 is 24.8 Å². The summed E-state index contributed by atoms with van der Waals surface area (Å²) in [6.07, 6.45) is 3.44. The van der Waals surface area contributed by atoms with Crippen molar-refractivity contribution in [2.24, 2.45) is 5.92 Å². The Morgan fingerprint density at radius 3 is 2.55 bits per heavy atom. The van der Waals surface area contributed by atoms with Crippen molar-refractivity contribution in [2.45, 2.75) is 52.6 Å². The highest BCUT2D eigenvalue weighted by Crippen LogP contribution is 2.48. The van der Waals surface area contributed by atoms with Gasteiger partial charge in [-0.15, -0.1) is 6.58 Å². The molecule has 2 atom stereocenters. The van der Waals surface area contributed by atoms with Crippen molar-refractivity contribution < 1.29 is 29.6 Å². The molecule has 2 unspecified atom stereocenters. The predicted molar refractivity (Wildman–Crippen MR) is 127 cm³/mol. The molecule has 0 saturated carbocycles. The smallest absolute Gasteiger partial charge is 0.174 e. The van der Waals surface area contributed by atoms with Gasteiger partial charge in [0.2, 0.25) is 0 Å². The van der Waals surface area contributed by atoms with Crippen molar-refractivity contribution in [1.29, 1.82) is 0 Å². The lowest BCUT2D eigenvalue weighted by atomic mass is 9.86. The number of ether oxygens (including phenoxy) is 2. The lowest BCUT2D eigenvalue weighted by molar-refractivity contribution is 0.0838. The second-order valence-corrected chi connectivity index (χ2v) is 9.01. The van der Waals surface area contributed by atoms with Crippen LogP contribution in [0.4, 0.5) is 0 Å². The first-order valence-electron chi connectivity index (χ1n) is 11.0. The summed E-state index contributed by atoms with van der Waals surface area (Å²) in [5.74, 6) is 0.247. The van der Waals surface area contributed by atoms with Gasteiger partial charge in [-0.2, -0.15) is 0 Å². The Hall–Kier alpha value is -3.41. The van der Waals surface area contributed by atoms with E-state index >= 15 is 0 Å². The first-order chi connectivity index (χ1) is 15.6. The molecule has 1 aliphatic rings. The maximum absolute atomic E-state index is 13.2. The first-order valence-corrected chi connectivity index (χ1v) is 11.0. The Labute approximate surface area is 194 Å². The van der Waals surface area contributed by atoms with Crippen LogP contribution in [-0.4, -0.2) is 28.2 Å². The topological polar surface area (TPSA) is 96.2 Å². The molecular formula is C27H32O6. The highest BCUT2D eigenvalue weighted by atomic mass is 16.5. The lowest BCUT2D eigenvalue weighted by Crippen LogP contribution is -2.23. The molecule has 1 heterocycles. The number of aromatic hydroxyl groups is 3. The van der Waals surface area contributed by atoms with Crippen molar-refractivity contribution in [3.8, 4) is 28.7 Å². The average molecular weight is 453 g/mol. The second-order valence-electron chi connectivity index (χ2n) is 9.01. The summed E-state index contributed by atoms with van der Waals surface area (Å²) in [5.41, 5.74) is 3.47. The van der Waals surface area contributed by atoms with Crippen LogP contribution in [0.25, 0.3) is 0 Å².